The van der Waals surface area contributed by atoms with Crippen molar-refractivity contribution in [1.82, 2.24) is 0 Å². The van der Waals surface area contributed by atoms with E-state index in [9.17, 15) is 0 Å². The van der Waals surface area contributed by atoms with Crippen molar-refractivity contribution in [3.63, 3.8) is 0 Å². The van der Waals surface area contributed by atoms with Crippen LogP contribution in [0.4, 0.5) is 0 Å². The van der Waals surface area contributed by atoms with E-state index in [0.717, 1.165) is 11.8 Å². The van der Waals surface area contributed by atoms with Gasteiger partial charge in [-0.25, -0.2) is 0 Å². The predicted molar refractivity (Wildman–Crippen MR) is 83.1 cm³/mol. The van der Waals surface area contributed by atoms with E-state index in [0.29, 0.717) is 0 Å². The normalized spacial score (nSPS) is 27.7. The Hall–Kier alpha value is -0.820. The number of aryl methyl sites for hydroxylation is 1. The first-order valence-corrected chi connectivity index (χ1v) is 7.92. The maximum atomic E-state index is 6.59. The summed E-state index contributed by atoms with van der Waals surface area (Å²) in [6, 6.07) is 10.8. The molecule has 1 aliphatic rings. The van der Waals surface area contributed by atoms with Crippen LogP contribution in [0.2, 0.25) is 0 Å². The predicted octanol–water partition coefficient (Wildman–Crippen LogP) is 4.55. The summed E-state index contributed by atoms with van der Waals surface area (Å²) in [5, 5.41) is 0. The van der Waals surface area contributed by atoms with Gasteiger partial charge in [0.05, 0.1) is 0 Å². The Bertz CT molecular complexity index is 361. The molecule has 1 heteroatoms. The van der Waals surface area contributed by atoms with Gasteiger partial charge in [0.2, 0.25) is 0 Å². The Morgan fingerprint density at radius 2 is 1.79 bits per heavy atom. The molecule has 0 bridgehead atoms. The lowest BCUT2D eigenvalue weighted by molar-refractivity contribution is 0.184. The quantitative estimate of drug-likeness (QED) is 0.824. The highest BCUT2D eigenvalue weighted by Gasteiger charge is 2.31. The molecule has 1 aromatic rings. The van der Waals surface area contributed by atoms with Crippen molar-refractivity contribution >= 4 is 0 Å². The molecule has 0 spiro atoms. The second kappa shape index (κ2) is 6.56. The van der Waals surface area contributed by atoms with E-state index in [4.69, 9.17) is 5.73 Å². The summed E-state index contributed by atoms with van der Waals surface area (Å²) >= 11 is 0. The van der Waals surface area contributed by atoms with Gasteiger partial charge >= 0.3 is 0 Å². The molecule has 1 aliphatic carbocycles. The zero-order valence-electron chi connectivity index (χ0n) is 12.6. The monoisotopic (exact) mass is 259 g/mol. The summed E-state index contributed by atoms with van der Waals surface area (Å²) < 4.78 is 0. The largest absolute Gasteiger partial charge is 0.325 e. The summed E-state index contributed by atoms with van der Waals surface area (Å²) in [6.07, 6.45) is 8.71. The van der Waals surface area contributed by atoms with E-state index in [2.05, 4.69) is 44.2 Å². The van der Waals surface area contributed by atoms with Gasteiger partial charge in [0, 0.05) is 5.54 Å². The van der Waals surface area contributed by atoms with Crippen molar-refractivity contribution in [2.24, 2.45) is 17.6 Å². The van der Waals surface area contributed by atoms with Crippen LogP contribution in [0.15, 0.2) is 30.3 Å². The van der Waals surface area contributed by atoms with Gasteiger partial charge in [-0.2, -0.15) is 0 Å². The van der Waals surface area contributed by atoms with E-state index < -0.39 is 0 Å². The van der Waals surface area contributed by atoms with Crippen molar-refractivity contribution in [3.05, 3.63) is 35.9 Å². The molecule has 1 saturated carbocycles. The van der Waals surface area contributed by atoms with Crippen molar-refractivity contribution in [2.75, 3.05) is 0 Å². The fourth-order valence-electron chi connectivity index (χ4n) is 3.42. The summed E-state index contributed by atoms with van der Waals surface area (Å²) in [5.41, 5.74) is 8.16. The minimum absolute atomic E-state index is 0.125. The molecule has 0 aliphatic heterocycles. The summed E-state index contributed by atoms with van der Waals surface area (Å²) in [4.78, 5) is 0. The average molecular weight is 259 g/mol. The minimum atomic E-state index is 0.125. The second-order valence-electron chi connectivity index (χ2n) is 6.78. The van der Waals surface area contributed by atoms with Crippen LogP contribution in [0.5, 0.6) is 0 Å². The molecule has 2 N–H and O–H groups in total. The Balaban J connectivity index is 1.74. The molecule has 0 aromatic heterocycles. The standard InChI is InChI=1S/C18H29N/c1-15(2)17-10-13-18(19,14-11-17)12-6-9-16-7-4-3-5-8-16/h3-5,7-8,15,17H,6,9-14,19H2,1-2H3. The van der Waals surface area contributed by atoms with Crippen LogP contribution in [0.3, 0.4) is 0 Å². The van der Waals surface area contributed by atoms with Crippen molar-refractivity contribution in [3.8, 4) is 0 Å². The highest BCUT2D eigenvalue weighted by Crippen LogP contribution is 2.36. The summed E-state index contributed by atoms with van der Waals surface area (Å²) in [7, 11) is 0. The van der Waals surface area contributed by atoms with Crippen LogP contribution in [0.1, 0.15) is 57.9 Å². The molecule has 2 rings (SSSR count). The Morgan fingerprint density at radius 3 is 2.37 bits per heavy atom. The van der Waals surface area contributed by atoms with Crippen LogP contribution < -0.4 is 5.73 Å². The fourth-order valence-corrected chi connectivity index (χ4v) is 3.42. The minimum Gasteiger partial charge on any atom is -0.325 e. The zero-order chi connectivity index (χ0) is 13.7. The Kier molecular flexibility index (Phi) is 5.04. The number of hydrogen-bond acceptors (Lipinski definition) is 1. The highest BCUT2D eigenvalue weighted by molar-refractivity contribution is 5.14. The topological polar surface area (TPSA) is 26.0 Å². The molecule has 0 atom stereocenters. The molecule has 1 nitrogen and oxygen atoms in total. The molecule has 1 aromatic carbocycles. The van der Waals surface area contributed by atoms with E-state index in [1.165, 1.54) is 50.5 Å². The molecule has 19 heavy (non-hydrogen) atoms. The first-order valence-electron chi connectivity index (χ1n) is 7.92. The molecule has 0 heterocycles. The molecule has 0 unspecified atom stereocenters. The Labute approximate surface area is 118 Å². The molecule has 1 fully saturated rings. The van der Waals surface area contributed by atoms with E-state index in [-0.39, 0.29) is 5.54 Å². The lowest BCUT2D eigenvalue weighted by Crippen LogP contribution is -2.43. The van der Waals surface area contributed by atoms with E-state index in [1.54, 1.807) is 0 Å². The number of rotatable bonds is 5. The molecular weight excluding hydrogens is 230 g/mol. The third-order valence-electron chi connectivity index (χ3n) is 4.95. The van der Waals surface area contributed by atoms with Crippen molar-refractivity contribution in [2.45, 2.75) is 64.3 Å². The van der Waals surface area contributed by atoms with Gasteiger partial charge in [0.25, 0.3) is 0 Å². The maximum Gasteiger partial charge on any atom is 0.0154 e. The van der Waals surface area contributed by atoms with Gasteiger partial charge in [-0.05, 0) is 62.3 Å². The smallest absolute Gasteiger partial charge is 0.0154 e. The molecule has 106 valence electrons. The van der Waals surface area contributed by atoms with Gasteiger partial charge in [0.15, 0.2) is 0 Å². The lowest BCUT2D eigenvalue weighted by Gasteiger charge is -2.38. The van der Waals surface area contributed by atoms with Gasteiger partial charge in [-0.1, -0.05) is 44.2 Å². The molecular formula is C18H29N. The third kappa shape index (κ3) is 4.35. The van der Waals surface area contributed by atoms with Crippen LogP contribution >= 0.6 is 0 Å². The highest BCUT2D eigenvalue weighted by atomic mass is 14.7. The van der Waals surface area contributed by atoms with Crippen LogP contribution in [0.25, 0.3) is 0 Å². The number of hydrogen-bond donors (Lipinski definition) is 1. The number of nitrogens with two attached hydrogens (primary N) is 1. The van der Waals surface area contributed by atoms with Crippen LogP contribution in [-0.4, -0.2) is 5.54 Å². The third-order valence-corrected chi connectivity index (χ3v) is 4.95. The van der Waals surface area contributed by atoms with E-state index in [1.807, 2.05) is 0 Å². The number of benzene rings is 1. The van der Waals surface area contributed by atoms with Gasteiger partial charge in [-0.15, -0.1) is 0 Å². The van der Waals surface area contributed by atoms with Gasteiger partial charge in [-0.3, -0.25) is 0 Å². The average Bonchev–Trinajstić information content (AvgIpc) is 2.40. The molecule has 0 saturated heterocycles. The fraction of sp³-hybridized carbons (Fsp3) is 0.667. The maximum absolute atomic E-state index is 6.59. The molecule has 0 radical (unpaired) electrons. The molecule has 0 amide bonds. The van der Waals surface area contributed by atoms with Crippen LogP contribution in [0, 0.1) is 11.8 Å². The van der Waals surface area contributed by atoms with Crippen molar-refractivity contribution in [1.29, 1.82) is 0 Å². The zero-order valence-corrected chi connectivity index (χ0v) is 12.6. The first-order chi connectivity index (χ1) is 9.09. The first kappa shape index (κ1) is 14.6. The van der Waals surface area contributed by atoms with Gasteiger partial charge in [0.1, 0.15) is 0 Å². The Morgan fingerprint density at radius 1 is 1.16 bits per heavy atom. The summed E-state index contributed by atoms with van der Waals surface area (Å²) in [6.45, 7) is 4.70. The van der Waals surface area contributed by atoms with E-state index >= 15 is 0 Å². The second-order valence-corrected chi connectivity index (χ2v) is 6.78. The van der Waals surface area contributed by atoms with Gasteiger partial charge < -0.3 is 5.73 Å². The van der Waals surface area contributed by atoms with Crippen LogP contribution in [-0.2, 0) is 6.42 Å². The summed E-state index contributed by atoms with van der Waals surface area (Å²) in [5.74, 6) is 1.74. The van der Waals surface area contributed by atoms with Crippen molar-refractivity contribution < 1.29 is 0 Å². The lowest BCUT2D eigenvalue weighted by atomic mass is 9.71. The SMILES string of the molecule is CC(C)C1CCC(N)(CCCc2ccccc2)CC1.